The molecular weight excluding hydrogens is 400 g/mol. The van der Waals surface area contributed by atoms with Crippen molar-refractivity contribution in [2.75, 3.05) is 13.1 Å². The zero-order valence-electron chi connectivity index (χ0n) is 17.4. The number of ether oxygens (including phenoxy) is 1. The van der Waals surface area contributed by atoms with Gasteiger partial charge in [-0.3, -0.25) is 4.79 Å². The number of carbonyl (C=O) groups is 2. The number of rotatable bonds is 3. The van der Waals surface area contributed by atoms with E-state index in [1.54, 1.807) is 11.1 Å². The molecule has 158 valence electrons. The quantitative estimate of drug-likeness (QED) is 0.680. The van der Waals surface area contributed by atoms with Crippen molar-refractivity contribution >= 4 is 33.6 Å². The summed E-state index contributed by atoms with van der Waals surface area (Å²) in [5.74, 6) is -0.0996. The summed E-state index contributed by atoms with van der Waals surface area (Å²) in [5, 5.41) is 4.12. The molecule has 4 rings (SSSR count). The van der Waals surface area contributed by atoms with Crippen molar-refractivity contribution in [2.45, 2.75) is 45.3 Å². The predicted octanol–water partition coefficient (Wildman–Crippen LogP) is 4.22. The van der Waals surface area contributed by atoms with E-state index < -0.39 is 5.60 Å². The summed E-state index contributed by atoms with van der Waals surface area (Å²) in [6, 6.07) is 7.77. The zero-order chi connectivity index (χ0) is 21.3. The van der Waals surface area contributed by atoms with Gasteiger partial charge in [-0.15, -0.1) is 11.3 Å². The second-order valence-corrected chi connectivity index (χ2v) is 9.44. The predicted molar refractivity (Wildman–Crippen MR) is 117 cm³/mol. The van der Waals surface area contributed by atoms with Crippen LogP contribution in [0.4, 0.5) is 4.79 Å². The molecule has 7 nitrogen and oxygen atoms in total. The van der Waals surface area contributed by atoms with Gasteiger partial charge in [0.15, 0.2) is 0 Å². The number of nitrogens with zero attached hydrogens (tertiary/aromatic N) is 3. The SMILES string of the molecule is CC(C)(C)OC(=O)N1CCC(NC(=O)c2sc3ncccc3c2-n2cccc2)CC1. The molecule has 0 unspecified atom stereocenters. The van der Waals surface area contributed by atoms with Gasteiger partial charge < -0.3 is 19.5 Å². The third-order valence-electron chi connectivity index (χ3n) is 4.99. The van der Waals surface area contributed by atoms with Crippen molar-refractivity contribution in [3.63, 3.8) is 0 Å². The molecule has 1 N–H and O–H groups in total. The Labute approximate surface area is 179 Å². The van der Waals surface area contributed by atoms with Crippen LogP contribution in [0.25, 0.3) is 15.9 Å². The minimum atomic E-state index is -0.508. The average molecular weight is 427 g/mol. The number of pyridine rings is 1. The molecule has 0 atom stereocenters. The van der Waals surface area contributed by atoms with E-state index in [2.05, 4.69) is 10.3 Å². The van der Waals surface area contributed by atoms with Gasteiger partial charge in [0.1, 0.15) is 15.3 Å². The second kappa shape index (κ2) is 8.10. The Hall–Kier alpha value is -2.87. The van der Waals surface area contributed by atoms with E-state index in [0.29, 0.717) is 30.8 Å². The van der Waals surface area contributed by atoms with Crippen LogP contribution in [0.3, 0.4) is 0 Å². The van der Waals surface area contributed by atoms with Crippen LogP contribution in [0.2, 0.25) is 0 Å². The van der Waals surface area contributed by atoms with Gasteiger partial charge in [0.05, 0.1) is 5.69 Å². The summed E-state index contributed by atoms with van der Waals surface area (Å²) >= 11 is 1.40. The first-order valence-electron chi connectivity index (χ1n) is 10.1. The summed E-state index contributed by atoms with van der Waals surface area (Å²) in [7, 11) is 0. The van der Waals surface area contributed by atoms with Crippen LogP contribution in [-0.4, -0.2) is 51.2 Å². The Morgan fingerprint density at radius 1 is 1.17 bits per heavy atom. The van der Waals surface area contributed by atoms with Crippen LogP contribution in [0, 0.1) is 0 Å². The number of nitrogens with one attached hydrogen (secondary N) is 1. The number of likely N-dealkylation sites (tertiary alicyclic amines) is 1. The maximum atomic E-state index is 13.2. The van der Waals surface area contributed by atoms with Crippen LogP contribution in [0.15, 0.2) is 42.9 Å². The van der Waals surface area contributed by atoms with Gasteiger partial charge in [0.2, 0.25) is 0 Å². The molecule has 0 spiro atoms. The number of hydrogen-bond donors (Lipinski definition) is 1. The monoisotopic (exact) mass is 426 g/mol. The molecule has 0 saturated carbocycles. The second-order valence-electron chi connectivity index (χ2n) is 8.44. The standard InChI is InChI=1S/C22H26N4O3S/c1-22(2,3)29-21(28)26-13-8-15(9-14-26)24-19(27)18-17(25-11-4-5-12-25)16-7-6-10-23-20(16)30-18/h4-7,10-12,15H,8-9,13-14H2,1-3H3,(H,24,27). The van der Waals surface area contributed by atoms with E-state index in [-0.39, 0.29) is 18.0 Å². The summed E-state index contributed by atoms with van der Waals surface area (Å²) in [5.41, 5.74) is 0.350. The third-order valence-corrected chi connectivity index (χ3v) is 6.09. The number of thiophene rings is 1. The number of fused-ring (bicyclic) bond motifs is 1. The molecule has 8 heteroatoms. The number of piperidine rings is 1. The first-order valence-corrected chi connectivity index (χ1v) is 10.9. The maximum absolute atomic E-state index is 13.2. The van der Waals surface area contributed by atoms with Crippen molar-refractivity contribution in [3.05, 3.63) is 47.7 Å². The van der Waals surface area contributed by atoms with Crippen molar-refractivity contribution < 1.29 is 14.3 Å². The molecule has 3 aromatic heterocycles. The Morgan fingerprint density at radius 2 is 1.87 bits per heavy atom. The van der Waals surface area contributed by atoms with Crippen LogP contribution >= 0.6 is 11.3 Å². The van der Waals surface area contributed by atoms with Gasteiger partial charge in [0.25, 0.3) is 5.91 Å². The Balaban J connectivity index is 1.46. The lowest BCUT2D eigenvalue weighted by atomic mass is 10.1. The maximum Gasteiger partial charge on any atom is 0.410 e. The molecule has 0 radical (unpaired) electrons. The average Bonchev–Trinajstić information content (AvgIpc) is 3.34. The van der Waals surface area contributed by atoms with Crippen molar-refractivity contribution in [1.29, 1.82) is 0 Å². The topological polar surface area (TPSA) is 76.5 Å². The lowest BCUT2D eigenvalue weighted by molar-refractivity contribution is 0.0200. The van der Waals surface area contributed by atoms with Crippen LogP contribution in [0.5, 0.6) is 0 Å². The van der Waals surface area contributed by atoms with Gasteiger partial charge in [-0.1, -0.05) is 0 Å². The fourth-order valence-electron chi connectivity index (χ4n) is 3.60. The summed E-state index contributed by atoms with van der Waals surface area (Å²) < 4.78 is 7.40. The number of aromatic nitrogens is 2. The Morgan fingerprint density at radius 3 is 2.53 bits per heavy atom. The largest absolute Gasteiger partial charge is 0.444 e. The van der Waals surface area contributed by atoms with E-state index in [1.165, 1.54) is 11.3 Å². The molecule has 0 bridgehead atoms. The minimum Gasteiger partial charge on any atom is -0.444 e. The van der Waals surface area contributed by atoms with Gasteiger partial charge in [-0.2, -0.15) is 0 Å². The van der Waals surface area contributed by atoms with E-state index >= 15 is 0 Å². The molecule has 1 fully saturated rings. The van der Waals surface area contributed by atoms with Gasteiger partial charge in [-0.05, 0) is 57.9 Å². The number of carbonyl (C=O) groups excluding carboxylic acids is 2. The highest BCUT2D eigenvalue weighted by atomic mass is 32.1. The van der Waals surface area contributed by atoms with Crippen molar-refractivity contribution in [1.82, 2.24) is 19.8 Å². The normalized spacial score (nSPS) is 15.4. The molecule has 1 aliphatic rings. The van der Waals surface area contributed by atoms with E-state index in [1.807, 2.05) is 62.0 Å². The van der Waals surface area contributed by atoms with Crippen LogP contribution < -0.4 is 5.32 Å². The van der Waals surface area contributed by atoms with E-state index in [0.717, 1.165) is 15.9 Å². The fourth-order valence-corrected chi connectivity index (χ4v) is 4.64. The smallest absolute Gasteiger partial charge is 0.410 e. The first-order chi connectivity index (χ1) is 14.3. The Bertz CT molecular complexity index is 1040. The van der Waals surface area contributed by atoms with E-state index in [4.69, 9.17) is 4.74 Å². The van der Waals surface area contributed by atoms with Gasteiger partial charge >= 0.3 is 6.09 Å². The lowest BCUT2D eigenvalue weighted by Gasteiger charge is -2.33. The lowest BCUT2D eigenvalue weighted by Crippen LogP contribution is -2.47. The summed E-state index contributed by atoms with van der Waals surface area (Å²) in [4.78, 5) is 33.0. The highest BCUT2D eigenvalue weighted by Gasteiger charge is 2.29. The summed E-state index contributed by atoms with van der Waals surface area (Å²) in [6.45, 7) is 6.72. The van der Waals surface area contributed by atoms with E-state index in [9.17, 15) is 9.59 Å². The Kier molecular flexibility index (Phi) is 5.51. The molecule has 1 aliphatic heterocycles. The highest BCUT2D eigenvalue weighted by Crippen LogP contribution is 2.33. The summed E-state index contributed by atoms with van der Waals surface area (Å²) in [6.07, 6.45) is 6.72. The molecule has 0 aromatic carbocycles. The van der Waals surface area contributed by atoms with Gasteiger partial charge in [0, 0.05) is 43.1 Å². The number of amides is 2. The fraction of sp³-hybridized carbons (Fsp3) is 0.409. The molecule has 1 saturated heterocycles. The van der Waals surface area contributed by atoms with Crippen LogP contribution in [0.1, 0.15) is 43.3 Å². The van der Waals surface area contributed by atoms with Gasteiger partial charge in [-0.25, -0.2) is 9.78 Å². The molecular formula is C22H26N4O3S. The third kappa shape index (κ3) is 4.33. The number of hydrogen-bond acceptors (Lipinski definition) is 5. The first kappa shape index (κ1) is 20.4. The minimum absolute atomic E-state index is 0.0203. The molecule has 3 aromatic rings. The highest BCUT2D eigenvalue weighted by molar-refractivity contribution is 7.21. The van der Waals surface area contributed by atoms with Crippen molar-refractivity contribution in [3.8, 4) is 5.69 Å². The van der Waals surface area contributed by atoms with Crippen LogP contribution in [-0.2, 0) is 4.74 Å². The van der Waals surface area contributed by atoms with Crippen molar-refractivity contribution in [2.24, 2.45) is 0 Å². The molecule has 2 amide bonds. The molecule has 0 aliphatic carbocycles. The zero-order valence-corrected chi connectivity index (χ0v) is 18.2. The molecule has 30 heavy (non-hydrogen) atoms. The molecule has 4 heterocycles.